The van der Waals surface area contributed by atoms with Crippen molar-refractivity contribution in [3.05, 3.63) is 64.4 Å². The third-order valence-corrected chi connectivity index (χ3v) is 7.03. The Morgan fingerprint density at radius 1 is 1.15 bits per heavy atom. The van der Waals surface area contributed by atoms with Crippen LogP contribution < -0.4 is 9.62 Å². The van der Waals surface area contributed by atoms with Gasteiger partial charge in [0, 0.05) is 31.1 Å². The Morgan fingerprint density at radius 3 is 2.38 bits per heavy atom. The fourth-order valence-electron chi connectivity index (χ4n) is 3.54. The van der Waals surface area contributed by atoms with Gasteiger partial charge in [-0.3, -0.25) is 13.9 Å². The number of nitrogens with one attached hydrogen (secondary N) is 1. The highest BCUT2D eigenvalue weighted by Crippen LogP contribution is 2.28. The summed E-state index contributed by atoms with van der Waals surface area (Å²) in [4.78, 5) is 27.0. The van der Waals surface area contributed by atoms with Crippen molar-refractivity contribution in [2.45, 2.75) is 46.2 Å². The van der Waals surface area contributed by atoms with Gasteiger partial charge in [-0.05, 0) is 62.6 Å². The van der Waals surface area contributed by atoms with E-state index in [2.05, 4.69) is 5.32 Å². The molecule has 0 heterocycles. The van der Waals surface area contributed by atoms with Gasteiger partial charge in [-0.25, -0.2) is 12.8 Å². The van der Waals surface area contributed by atoms with Crippen LogP contribution in [0.4, 0.5) is 10.1 Å². The van der Waals surface area contributed by atoms with E-state index in [1.807, 2.05) is 0 Å². The molecule has 0 aromatic heterocycles. The quantitative estimate of drug-likeness (QED) is 0.496. The number of carbonyl (C=O) groups excluding carboxylic acids is 2. The van der Waals surface area contributed by atoms with Crippen LogP contribution in [0.2, 0.25) is 5.02 Å². The highest BCUT2D eigenvalue weighted by Gasteiger charge is 2.26. The lowest BCUT2D eigenvalue weighted by molar-refractivity contribution is -0.140. The van der Waals surface area contributed by atoms with Crippen LogP contribution in [0.25, 0.3) is 0 Å². The maximum atomic E-state index is 13.3. The lowest BCUT2D eigenvalue weighted by atomic mass is 10.1. The van der Waals surface area contributed by atoms with E-state index < -0.39 is 21.9 Å². The van der Waals surface area contributed by atoms with E-state index in [4.69, 9.17) is 11.6 Å². The van der Waals surface area contributed by atoms with E-state index >= 15 is 0 Å². The number of hydrogen-bond donors (Lipinski definition) is 1. The molecule has 0 saturated carbocycles. The SMILES string of the molecule is CCNC(=O)[C@@H](C)N(Cc1ccc(F)cc1)C(=O)CCCN(c1cccc(Cl)c1C)S(C)(=O)=O. The van der Waals surface area contributed by atoms with E-state index in [0.29, 0.717) is 28.4 Å². The number of hydrogen-bond acceptors (Lipinski definition) is 4. The van der Waals surface area contributed by atoms with Crippen molar-refractivity contribution in [2.24, 2.45) is 0 Å². The molecule has 186 valence electrons. The maximum Gasteiger partial charge on any atom is 0.242 e. The second-order valence-electron chi connectivity index (χ2n) is 8.04. The van der Waals surface area contributed by atoms with E-state index in [1.165, 1.54) is 21.3 Å². The van der Waals surface area contributed by atoms with Gasteiger partial charge in [0.25, 0.3) is 0 Å². The summed E-state index contributed by atoms with van der Waals surface area (Å²) in [5.41, 5.74) is 1.77. The Balaban J connectivity index is 2.18. The fourth-order valence-corrected chi connectivity index (χ4v) is 4.73. The molecule has 1 atom stereocenters. The minimum Gasteiger partial charge on any atom is -0.355 e. The summed E-state index contributed by atoms with van der Waals surface area (Å²) in [6.45, 7) is 5.77. The van der Waals surface area contributed by atoms with Crippen LogP contribution in [-0.2, 0) is 26.2 Å². The zero-order chi connectivity index (χ0) is 25.5. The largest absolute Gasteiger partial charge is 0.355 e. The molecule has 0 aliphatic rings. The number of nitrogens with zero attached hydrogens (tertiary/aromatic N) is 2. The number of likely N-dealkylation sites (N-methyl/N-ethyl adjacent to an activating group) is 1. The number of sulfonamides is 1. The zero-order valence-corrected chi connectivity index (χ0v) is 21.4. The van der Waals surface area contributed by atoms with Crippen LogP contribution in [0.5, 0.6) is 0 Å². The molecule has 0 fully saturated rings. The Hall–Kier alpha value is -2.65. The molecule has 0 unspecified atom stereocenters. The minimum atomic E-state index is -3.61. The van der Waals surface area contributed by atoms with Gasteiger partial charge >= 0.3 is 0 Å². The molecule has 0 radical (unpaired) electrons. The molecule has 0 aliphatic carbocycles. The summed E-state index contributed by atoms with van der Waals surface area (Å²) in [5, 5.41) is 3.16. The van der Waals surface area contributed by atoms with Gasteiger partial charge in [0.1, 0.15) is 11.9 Å². The third kappa shape index (κ3) is 7.43. The summed E-state index contributed by atoms with van der Waals surface area (Å²) < 4.78 is 39.4. The third-order valence-electron chi connectivity index (χ3n) is 5.44. The molecule has 7 nitrogen and oxygen atoms in total. The number of rotatable bonds is 11. The Kier molecular flexibility index (Phi) is 9.88. The molecular formula is C24H31ClFN3O4S. The second-order valence-corrected chi connectivity index (χ2v) is 10.4. The minimum absolute atomic E-state index is 0.0244. The summed E-state index contributed by atoms with van der Waals surface area (Å²) in [5.74, 6) is -1.000. The number of carbonyl (C=O) groups is 2. The van der Waals surface area contributed by atoms with Crippen molar-refractivity contribution in [3.8, 4) is 0 Å². The molecule has 2 aromatic rings. The summed E-state index contributed by atoms with van der Waals surface area (Å²) >= 11 is 6.17. The monoisotopic (exact) mass is 511 g/mol. The fraction of sp³-hybridized carbons (Fsp3) is 0.417. The average molecular weight is 512 g/mol. The normalized spacial score (nSPS) is 12.2. The molecule has 0 saturated heterocycles. The Labute approximate surface area is 205 Å². The molecule has 2 amide bonds. The first kappa shape index (κ1) is 27.6. The van der Waals surface area contributed by atoms with Crippen LogP contribution in [0.15, 0.2) is 42.5 Å². The predicted octanol–water partition coefficient (Wildman–Crippen LogP) is 3.89. The van der Waals surface area contributed by atoms with Gasteiger partial charge < -0.3 is 10.2 Å². The van der Waals surface area contributed by atoms with Crippen LogP contribution in [0.1, 0.15) is 37.8 Å². The Bertz CT molecular complexity index is 1110. The molecule has 0 spiro atoms. The average Bonchev–Trinajstić information content (AvgIpc) is 2.77. The summed E-state index contributed by atoms with van der Waals surface area (Å²) in [6, 6.07) is 9.99. The van der Waals surface area contributed by atoms with E-state index in [9.17, 15) is 22.4 Å². The molecule has 1 N–H and O–H groups in total. The first-order valence-electron chi connectivity index (χ1n) is 11.0. The van der Waals surface area contributed by atoms with Crippen molar-refractivity contribution < 1.29 is 22.4 Å². The lowest BCUT2D eigenvalue weighted by Gasteiger charge is -2.29. The highest BCUT2D eigenvalue weighted by atomic mass is 35.5. The van der Waals surface area contributed by atoms with Crippen molar-refractivity contribution in [1.29, 1.82) is 0 Å². The van der Waals surface area contributed by atoms with Gasteiger partial charge in [-0.2, -0.15) is 0 Å². The zero-order valence-electron chi connectivity index (χ0n) is 19.8. The number of amides is 2. The van der Waals surface area contributed by atoms with Gasteiger partial charge in [-0.15, -0.1) is 0 Å². The van der Waals surface area contributed by atoms with Crippen LogP contribution >= 0.6 is 11.6 Å². The van der Waals surface area contributed by atoms with Crippen LogP contribution in [0, 0.1) is 12.7 Å². The first-order chi connectivity index (χ1) is 16.0. The molecule has 0 bridgehead atoms. The van der Waals surface area contributed by atoms with Gasteiger partial charge in [0.15, 0.2) is 0 Å². The smallest absolute Gasteiger partial charge is 0.242 e. The second kappa shape index (κ2) is 12.2. The van der Waals surface area contributed by atoms with E-state index in [0.717, 1.165) is 6.26 Å². The first-order valence-corrected chi connectivity index (χ1v) is 13.2. The summed E-state index contributed by atoms with van der Waals surface area (Å²) in [7, 11) is -3.61. The Morgan fingerprint density at radius 2 is 1.79 bits per heavy atom. The van der Waals surface area contributed by atoms with Crippen molar-refractivity contribution >= 4 is 39.1 Å². The molecule has 34 heavy (non-hydrogen) atoms. The maximum absolute atomic E-state index is 13.3. The molecule has 2 aromatic carbocycles. The van der Waals surface area contributed by atoms with Crippen molar-refractivity contribution in [1.82, 2.24) is 10.2 Å². The van der Waals surface area contributed by atoms with E-state index in [-0.39, 0.29) is 37.7 Å². The number of anilines is 1. The van der Waals surface area contributed by atoms with Gasteiger partial charge in [-0.1, -0.05) is 29.8 Å². The molecule has 0 aliphatic heterocycles. The number of benzene rings is 2. The van der Waals surface area contributed by atoms with Crippen molar-refractivity contribution in [2.75, 3.05) is 23.7 Å². The molecular weight excluding hydrogens is 481 g/mol. The van der Waals surface area contributed by atoms with Crippen LogP contribution in [0.3, 0.4) is 0 Å². The standard InChI is InChI=1S/C24H31ClFN3O4S/c1-5-27-24(31)18(3)28(16-19-11-13-20(26)14-12-19)23(30)10-7-15-29(34(4,32)33)22-9-6-8-21(25)17(22)2/h6,8-9,11-14,18H,5,7,10,15-16H2,1-4H3,(H,27,31)/t18-/m1/s1. The topological polar surface area (TPSA) is 86.8 Å². The number of halogens is 2. The molecule has 2 rings (SSSR count). The van der Waals surface area contributed by atoms with Gasteiger partial charge in [0.05, 0.1) is 11.9 Å². The summed E-state index contributed by atoms with van der Waals surface area (Å²) in [6.07, 6.45) is 1.36. The van der Waals surface area contributed by atoms with Gasteiger partial charge in [0.2, 0.25) is 21.8 Å². The van der Waals surface area contributed by atoms with Crippen molar-refractivity contribution in [3.63, 3.8) is 0 Å². The molecule has 10 heteroatoms. The highest BCUT2D eigenvalue weighted by molar-refractivity contribution is 7.92. The predicted molar refractivity (Wildman–Crippen MR) is 133 cm³/mol. The van der Waals surface area contributed by atoms with E-state index in [1.54, 1.807) is 51.1 Å². The lowest BCUT2D eigenvalue weighted by Crippen LogP contribution is -2.47. The van der Waals surface area contributed by atoms with Crippen LogP contribution in [-0.4, -0.2) is 50.5 Å².